The molecule has 1 saturated heterocycles. The van der Waals surface area contributed by atoms with Gasteiger partial charge in [-0.2, -0.15) is 0 Å². The number of fused-ring (bicyclic) bond motifs is 1. The molecule has 1 aromatic carbocycles. The van der Waals surface area contributed by atoms with Gasteiger partial charge >= 0.3 is 0 Å². The smallest absolute Gasteiger partial charge is 0.247 e. The quantitative estimate of drug-likeness (QED) is 0.596. The van der Waals surface area contributed by atoms with Crippen LogP contribution in [0.1, 0.15) is 74.8 Å². The molecule has 1 fully saturated rings. The van der Waals surface area contributed by atoms with E-state index in [1.54, 1.807) is 4.90 Å². The minimum Gasteiger partial charge on any atom is -0.463 e. The first-order chi connectivity index (χ1) is 16.6. The first-order valence-corrected chi connectivity index (χ1v) is 12.9. The van der Waals surface area contributed by atoms with Crippen LogP contribution in [-0.4, -0.2) is 34.6 Å². The van der Waals surface area contributed by atoms with Crippen LogP contribution in [-0.2, 0) is 27.2 Å². The number of nitrogens with one attached hydrogen (secondary N) is 1. The number of aryl methyl sites for hydroxylation is 2. The van der Waals surface area contributed by atoms with Crippen molar-refractivity contribution in [2.24, 2.45) is 17.8 Å². The van der Waals surface area contributed by atoms with Crippen LogP contribution in [0.15, 0.2) is 34.7 Å². The lowest BCUT2D eigenvalue weighted by atomic mass is 9.87. The number of benzene rings is 1. The number of carbonyl (C=O) groups excluding carboxylic acids is 3. The van der Waals surface area contributed by atoms with Crippen molar-refractivity contribution in [3.05, 3.63) is 58.5 Å². The van der Waals surface area contributed by atoms with Gasteiger partial charge in [0.1, 0.15) is 29.6 Å². The van der Waals surface area contributed by atoms with Crippen molar-refractivity contribution < 1.29 is 18.8 Å². The van der Waals surface area contributed by atoms with E-state index in [2.05, 4.69) is 17.4 Å². The van der Waals surface area contributed by atoms with Gasteiger partial charge in [-0.05, 0) is 73.6 Å². The highest BCUT2D eigenvalue weighted by molar-refractivity contribution is 6.00. The minimum atomic E-state index is -0.904. The van der Waals surface area contributed by atoms with Crippen LogP contribution < -0.4 is 5.32 Å². The Labute approximate surface area is 208 Å². The standard InChI is InChI=1S/C29H38N2O4/c1-16(2)11-23-28(33)30-26(22-14-20-9-7-8-10-21(20)15-22)29(34)31(23)27(24(32)12-17(3)4)25-13-18(5)19(6)35-25/h7-10,13,16-17,22-23,26-27H,11-12,14-15H2,1-6H3,(H,30,33)/t23-,26-,27+/m1/s1. The van der Waals surface area contributed by atoms with Crippen LogP contribution in [0.5, 0.6) is 0 Å². The molecule has 0 bridgehead atoms. The number of piperazine rings is 1. The fourth-order valence-electron chi connectivity index (χ4n) is 5.58. The topological polar surface area (TPSA) is 79.6 Å². The van der Waals surface area contributed by atoms with E-state index in [0.29, 0.717) is 18.6 Å². The van der Waals surface area contributed by atoms with Gasteiger partial charge in [-0.1, -0.05) is 52.0 Å². The molecule has 4 rings (SSSR count). The number of carbonyl (C=O) groups is 3. The van der Waals surface area contributed by atoms with E-state index in [0.717, 1.165) is 24.2 Å². The zero-order chi connectivity index (χ0) is 25.4. The van der Waals surface area contributed by atoms with Gasteiger partial charge in [0, 0.05) is 6.42 Å². The molecule has 2 heterocycles. The molecule has 0 spiro atoms. The van der Waals surface area contributed by atoms with Gasteiger partial charge in [0.2, 0.25) is 11.8 Å². The van der Waals surface area contributed by atoms with E-state index in [9.17, 15) is 14.4 Å². The lowest BCUT2D eigenvalue weighted by Gasteiger charge is -2.44. The molecule has 0 radical (unpaired) electrons. The molecule has 6 nitrogen and oxygen atoms in total. The van der Waals surface area contributed by atoms with Crippen molar-refractivity contribution in [1.29, 1.82) is 0 Å². The molecule has 1 N–H and O–H groups in total. The predicted molar refractivity (Wildman–Crippen MR) is 135 cm³/mol. The molecule has 0 saturated carbocycles. The molecule has 3 atom stereocenters. The van der Waals surface area contributed by atoms with Gasteiger partial charge in [-0.25, -0.2) is 0 Å². The fraction of sp³-hybridized carbons (Fsp3) is 0.552. The van der Waals surface area contributed by atoms with Gasteiger partial charge in [0.15, 0.2) is 5.78 Å². The van der Waals surface area contributed by atoms with Crippen LogP contribution in [0, 0.1) is 31.6 Å². The Hall–Kier alpha value is -2.89. The Kier molecular flexibility index (Phi) is 7.20. The molecule has 2 aliphatic rings. The summed E-state index contributed by atoms with van der Waals surface area (Å²) in [5.41, 5.74) is 3.37. The van der Waals surface area contributed by atoms with E-state index in [-0.39, 0.29) is 35.4 Å². The molecular weight excluding hydrogens is 440 g/mol. The van der Waals surface area contributed by atoms with Crippen LogP contribution in [0.25, 0.3) is 0 Å². The Morgan fingerprint density at radius 1 is 1.06 bits per heavy atom. The van der Waals surface area contributed by atoms with Gasteiger partial charge in [-0.3, -0.25) is 14.4 Å². The zero-order valence-corrected chi connectivity index (χ0v) is 21.8. The van der Waals surface area contributed by atoms with Crippen molar-refractivity contribution >= 4 is 17.6 Å². The number of hydrogen-bond acceptors (Lipinski definition) is 4. The summed E-state index contributed by atoms with van der Waals surface area (Å²) in [6.45, 7) is 11.8. The number of furan rings is 1. The van der Waals surface area contributed by atoms with E-state index in [1.807, 2.05) is 59.7 Å². The summed E-state index contributed by atoms with van der Waals surface area (Å²) >= 11 is 0. The second-order valence-corrected chi connectivity index (χ2v) is 11.2. The molecule has 1 aliphatic heterocycles. The summed E-state index contributed by atoms with van der Waals surface area (Å²) in [6.07, 6.45) is 2.26. The van der Waals surface area contributed by atoms with Gasteiger partial charge < -0.3 is 14.6 Å². The Morgan fingerprint density at radius 2 is 1.69 bits per heavy atom. The highest BCUT2D eigenvalue weighted by Crippen LogP contribution is 2.37. The lowest BCUT2D eigenvalue weighted by molar-refractivity contribution is -0.158. The molecular formula is C29H38N2O4. The van der Waals surface area contributed by atoms with Crippen molar-refractivity contribution in [3.63, 3.8) is 0 Å². The maximum atomic E-state index is 14.2. The molecule has 2 aromatic rings. The summed E-state index contributed by atoms with van der Waals surface area (Å²) < 4.78 is 6.03. The van der Waals surface area contributed by atoms with E-state index in [4.69, 9.17) is 4.42 Å². The summed E-state index contributed by atoms with van der Waals surface area (Å²) in [4.78, 5) is 43.0. The third-order valence-electron chi connectivity index (χ3n) is 7.35. The lowest BCUT2D eigenvalue weighted by Crippen LogP contribution is -2.66. The Balaban J connectivity index is 1.75. The van der Waals surface area contributed by atoms with Crippen molar-refractivity contribution in [1.82, 2.24) is 10.2 Å². The van der Waals surface area contributed by atoms with E-state index < -0.39 is 18.1 Å². The third-order valence-corrected chi connectivity index (χ3v) is 7.35. The Morgan fingerprint density at radius 3 is 2.20 bits per heavy atom. The first kappa shape index (κ1) is 25.2. The van der Waals surface area contributed by atoms with Crippen molar-refractivity contribution in [2.45, 2.75) is 85.4 Å². The van der Waals surface area contributed by atoms with E-state index >= 15 is 0 Å². The largest absolute Gasteiger partial charge is 0.463 e. The summed E-state index contributed by atoms with van der Waals surface area (Å²) in [6, 6.07) is 7.77. The van der Waals surface area contributed by atoms with Gasteiger partial charge in [0.25, 0.3) is 0 Å². The molecule has 1 aliphatic carbocycles. The zero-order valence-electron chi connectivity index (χ0n) is 21.8. The SMILES string of the molecule is Cc1cc([C@H](C(=O)CC(C)C)N2C(=O)[C@@H](C3Cc4ccccc4C3)NC(=O)[C@H]2CC(C)C)oc1C. The second kappa shape index (κ2) is 10.00. The molecule has 6 heteroatoms. The van der Waals surface area contributed by atoms with Crippen LogP contribution in [0.3, 0.4) is 0 Å². The molecule has 2 amide bonds. The second-order valence-electron chi connectivity index (χ2n) is 11.2. The molecule has 35 heavy (non-hydrogen) atoms. The van der Waals surface area contributed by atoms with Crippen molar-refractivity contribution in [2.75, 3.05) is 0 Å². The first-order valence-electron chi connectivity index (χ1n) is 12.9. The number of rotatable bonds is 8. The maximum absolute atomic E-state index is 14.2. The average molecular weight is 479 g/mol. The summed E-state index contributed by atoms with van der Waals surface area (Å²) in [5.74, 6) is 0.999. The normalized spacial score (nSPS) is 21.5. The summed E-state index contributed by atoms with van der Waals surface area (Å²) in [7, 11) is 0. The number of amides is 2. The molecule has 188 valence electrons. The summed E-state index contributed by atoms with van der Waals surface area (Å²) in [5, 5.41) is 3.06. The number of Topliss-reactive ketones (excluding diaryl/α,β-unsaturated/α-hetero) is 1. The Bertz CT molecular complexity index is 1070. The monoisotopic (exact) mass is 478 g/mol. The predicted octanol–water partition coefficient (Wildman–Crippen LogP) is 4.71. The minimum absolute atomic E-state index is 0.0349. The molecule has 0 unspecified atom stereocenters. The number of nitrogens with zero attached hydrogens (tertiary/aromatic N) is 1. The van der Waals surface area contributed by atoms with Crippen molar-refractivity contribution in [3.8, 4) is 0 Å². The third kappa shape index (κ3) is 5.07. The maximum Gasteiger partial charge on any atom is 0.247 e. The van der Waals surface area contributed by atoms with Crippen LogP contribution in [0.2, 0.25) is 0 Å². The number of ketones is 1. The van der Waals surface area contributed by atoms with Crippen LogP contribution in [0.4, 0.5) is 0 Å². The highest BCUT2D eigenvalue weighted by Gasteiger charge is 2.50. The van der Waals surface area contributed by atoms with Gasteiger partial charge in [0.05, 0.1) is 0 Å². The van der Waals surface area contributed by atoms with Gasteiger partial charge in [-0.15, -0.1) is 0 Å². The highest BCUT2D eigenvalue weighted by atomic mass is 16.3. The van der Waals surface area contributed by atoms with Crippen LogP contribution >= 0.6 is 0 Å². The molecule has 1 aromatic heterocycles. The fourth-order valence-corrected chi connectivity index (χ4v) is 5.58. The number of hydrogen-bond donors (Lipinski definition) is 1. The average Bonchev–Trinajstić information content (AvgIpc) is 3.34. The van der Waals surface area contributed by atoms with E-state index in [1.165, 1.54) is 11.1 Å².